The molecule has 2 aliphatic rings. The molecule has 1 N–H and O–H groups in total. The van der Waals surface area contributed by atoms with Gasteiger partial charge in [0, 0.05) is 59.1 Å². The van der Waals surface area contributed by atoms with Crippen molar-refractivity contribution >= 4 is 17.2 Å². The molecule has 34 heavy (non-hydrogen) atoms. The maximum Gasteiger partial charge on any atom is 0.129 e. The summed E-state index contributed by atoms with van der Waals surface area (Å²) in [6.07, 6.45) is 12.2. The third-order valence-corrected chi connectivity index (χ3v) is 6.87. The topological polar surface area (TPSA) is 53.9 Å². The molecule has 5 nitrogen and oxygen atoms in total. The van der Waals surface area contributed by atoms with Gasteiger partial charge in [-0.3, -0.25) is 9.97 Å². The number of hydrogen-bond donors (Lipinski definition) is 1. The average Bonchev–Trinajstić information content (AvgIpc) is 3.72. The molecule has 176 valence electrons. The molecule has 5 heteroatoms. The van der Waals surface area contributed by atoms with E-state index in [1.54, 1.807) is 0 Å². The number of anilines is 2. The zero-order valence-corrected chi connectivity index (χ0v) is 20.5. The number of aromatic nitrogens is 3. The third kappa shape index (κ3) is 5.14. The van der Waals surface area contributed by atoms with Crippen molar-refractivity contribution in [1.82, 2.24) is 15.0 Å². The van der Waals surface area contributed by atoms with Gasteiger partial charge in [0.2, 0.25) is 0 Å². The average molecular weight is 454 g/mol. The van der Waals surface area contributed by atoms with E-state index < -0.39 is 0 Å². The molecular formula is C29H35N5. The van der Waals surface area contributed by atoms with E-state index in [2.05, 4.69) is 59.9 Å². The van der Waals surface area contributed by atoms with E-state index in [1.807, 2.05) is 18.5 Å². The van der Waals surface area contributed by atoms with Crippen LogP contribution in [0.15, 0.2) is 49.3 Å². The van der Waals surface area contributed by atoms with Crippen molar-refractivity contribution < 1.29 is 0 Å². The molecule has 2 fully saturated rings. The van der Waals surface area contributed by atoms with E-state index in [-0.39, 0.29) is 0 Å². The van der Waals surface area contributed by atoms with Crippen molar-refractivity contribution in [3.8, 4) is 11.1 Å². The van der Waals surface area contributed by atoms with Crippen LogP contribution in [0, 0.1) is 6.92 Å². The Bertz CT molecular complexity index is 1170. The lowest BCUT2D eigenvalue weighted by Gasteiger charge is -2.28. The lowest BCUT2D eigenvalue weighted by atomic mass is 10.0. The summed E-state index contributed by atoms with van der Waals surface area (Å²) in [5.74, 6) is 1.73. The molecular weight excluding hydrogens is 418 g/mol. The van der Waals surface area contributed by atoms with Gasteiger partial charge in [0.15, 0.2) is 0 Å². The van der Waals surface area contributed by atoms with Crippen LogP contribution >= 0.6 is 0 Å². The fourth-order valence-electron chi connectivity index (χ4n) is 4.78. The van der Waals surface area contributed by atoms with Crippen LogP contribution in [0.1, 0.15) is 74.0 Å². The van der Waals surface area contributed by atoms with Crippen molar-refractivity contribution in [2.45, 2.75) is 64.7 Å². The second-order valence-corrected chi connectivity index (χ2v) is 9.71. The number of hydrogen-bond acceptors (Lipinski definition) is 5. The first-order valence-electron chi connectivity index (χ1n) is 12.8. The largest absolute Gasteiger partial charge is 0.357 e. The van der Waals surface area contributed by atoms with Crippen LogP contribution in [0.3, 0.4) is 0 Å². The zero-order valence-electron chi connectivity index (χ0n) is 20.5. The van der Waals surface area contributed by atoms with Crippen molar-refractivity contribution in [3.63, 3.8) is 0 Å². The molecule has 0 spiro atoms. The summed E-state index contributed by atoms with van der Waals surface area (Å²) in [5, 5.41) is 3.49. The Kier molecular flexibility index (Phi) is 6.61. The highest BCUT2D eigenvalue weighted by Crippen LogP contribution is 2.39. The molecule has 1 aliphatic carbocycles. The van der Waals surface area contributed by atoms with E-state index in [0.717, 1.165) is 65.6 Å². The molecule has 0 bridgehead atoms. The second kappa shape index (κ2) is 9.96. The molecule has 1 aliphatic heterocycles. The van der Waals surface area contributed by atoms with Crippen molar-refractivity contribution in [2.75, 3.05) is 23.3 Å². The van der Waals surface area contributed by atoms with Gasteiger partial charge < -0.3 is 10.2 Å². The minimum absolute atomic E-state index is 0.624. The Balaban J connectivity index is 1.43. The third-order valence-electron chi connectivity index (χ3n) is 6.87. The number of nitrogens with zero attached hydrogens (tertiary/aromatic N) is 4. The Morgan fingerprint density at radius 2 is 1.91 bits per heavy atom. The highest BCUT2D eigenvalue weighted by molar-refractivity contribution is 5.79. The van der Waals surface area contributed by atoms with Gasteiger partial charge in [0.1, 0.15) is 5.82 Å². The smallest absolute Gasteiger partial charge is 0.129 e. The Hall–Kier alpha value is -3.21. The maximum absolute atomic E-state index is 5.01. The van der Waals surface area contributed by atoms with Crippen molar-refractivity contribution in [3.05, 3.63) is 71.9 Å². The molecule has 4 heterocycles. The van der Waals surface area contributed by atoms with Gasteiger partial charge in [-0.05, 0) is 81.3 Å². The minimum Gasteiger partial charge on any atom is -0.357 e. The number of piperidine rings is 1. The monoisotopic (exact) mass is 453 g/mol. The van der Waals surface area contributed by atoms with E-state index in [1.165, 1.54) is 43.4 Å². The fraction of sp³-hybridized carbons (Fsp3) is 0.414. The summed E-state index contributed by atoms with van der Waals surface area (Å²) in [4.78, 5) is 16.7. The zero-order chi connectivity index (χ0) is 23.5. The maximum atomic E-state index is 5.01. The normalized spacial score (nSPS) is 15.9. The highest BCUT2D eigenvalue weighted by Gasteiger charge is 2.25. The minimum atomic E-state index is 0.624. The Morgan fingerprint density at radius 1 is 1.09 bits per heavy atom. The molecule has 0 aromatic carbocycles. The molecule has 0 radical (unpaired) electrons. The molecule has 0 unspecified atom stereocenters. The van der Waals surface area contributed by atoms with Crippen LogP contribution in [0.4, 0.5) is 11.5 Å². The van der Waals surface area contributed by atoms with E-state index >= 15 is 0 Å². The predicted molar refractivity (Wildman–Crippen MR) is 141 cm³/mol. The summed E-state index contributed by atoms with van der Waals surface area (Å²) < 4.78 is 0. The van der Waals surface area contributed by atoms with E-state index in [0.29, 0.717) is 5.92 Å². The number of nitrogens with one attached hydrogen (secondary N) is 1. The molecule has 0 atom stereocenters. The quantitative estimate of drug-likeness (QED) is 0.409. The fourth-order valence-corrected chi connectivity index (χ4v) is 4.78. The first-order chi connectivity index (χ1) is 16.6. The van der Waals surface area contributed by atoms with Gasteiger partial charge in [-0.15, -0.1) is 0 Å². The van der Waals surface area contributed by atoms with Crippen molar-refractivity contribution in [2.24, 2.45) is 0 Å². The predicted octanol–water partition coefficient (Wildman–Crippen LogP) is 6.75. The number of aryl methyl sites for hydroxylation is 2. The second-order valence-electron chi connectivity index (χ2n) is 9.71. The summed E-state index contributed by atoms with van der Waals surface area (Å²) in [6.45, 7) is 10.8. The van der Waals surface area contributed by atoms with Gasteiger partial charge in [-0.25, -0.2) is 4.98 Å². The first kappa shape index (κ1) is 22.6. The summed E-state index contributed by atoms with van der Waals surface area (Å²) in [7, 11) is 0. The molecule has 1 saturated heterocycles. The SMILES string of the molecule is C=C(Nc1cnc(C)c(-c2cc(CCC)nc(N3CCCCC3)c2)c1)c1ccnc(C2CC2)c1. The number of pyridine rings is 3. The van der Waals surface area contributed by atoms with Crippen LogP contribution in [-0.2, 0) is 6.42 Å². The van der Waals surface area contributed by atoms with Crippen LogP contribution in [0.25, 0.3) is 16.8 Å². The number of rotatable bonds is 8. The lowest BCUT2D eigenvalue weighted by Crippen LogP contribution is -2.30. The molecule has 5 rings (SSSR count). The summed E-state index contributed by atoms with van der Waals surface area (Å²) >= 11 is 0. The van der Waals surface area contributed by atoms with Gasteiger partial charge in [0.25, 0.3) is 0 Å². The van der Waals surface area contributed by atoms with Crippen LogP contribution in [-0.4, -0.2) is 28.0 Å². The van der Waals surface area contributed by atoms with Crippen LogP contribution in [0.2, 0.25) is 0 Å². The van der Waals surface area contributed by atoms with Crippen LogP contribution < -0.4 is 10.2 Å². The molecule has 0 amide bonds. The Morgan fingerprint density at radius 3 is 2.68 bits per heavy atom. The van der Waals surface area contributed by atoms with Gasteiger partial charge in [-0.1, -0.05) is 19.9 Å². The van der Waals surface area contributed by atoms with Crippen LogP contribution in [0.5, 0.6) is 0 Å². The molecule has 1 saturated carbocycles. The molecule has 3 aromatic heterocycles. The Labute approximate surface area is 203 Å². The van der Waals surface area contributed by atoms with Crippen molar-refractivity contribution in [1.29, 1.82) is 0 Å². The highest BCUT2D eigenvalue weighted by atomic mass is 15.2. The first-order valence-corrected chi connectivity index (χ1v) is 12.8. The lowest BCUT2D eigenvalue weighted by molar-refractivity contribution is 0.572. The van der Waals surface area contributed by atoms with Gasteiger partial charge >= 0.3 is 0 Å². The van der Waals surface area contributed by atoms with E-state index in [9.17, 15) is 0 Å². The van der Waals surface area contributed by atoms with E-state index in [4.69, 9.17) is 9.97 Å². The molecule has 3 aromatic rings. The van der Waals surface area contributed by atoms with Gasteiger partial charge in [-0.2, -0.15) is 0 Å². The van der Waals surface area contributed by atoms with Gasteiger partial charge in [0.05, 0.1) is 11.9 Å². The standard InChI is InChI=1S/C29H35N5/c1-4-8-25-15-24(17-29(33-25)34-13-6-5-7-14-34)27-18-26(19-31-21(27)3)32-20(2)23-11-12-30-28(16-23)22-9-10-22/h11-12,15-19,22,32H,2,4-10,13-14H2,1,3H3. The summed E-state index contributed by atoms with van der Waals surface area (Å²) in [6, 6.07) is 10.9. The summed E-state index contributed by atoms with van der Waals surface area (Å²) in [5.41, 5.74) is 8.60.